The van der Waals surface area contributed by atoms with Gasteiger partial charge < -0.3 is 9.79 Å². The van der Waals surface area contributed by atoms with Gasteiger partial charge in [0.2, 0.25) is 0 Å². The molecule has 0 spiro atoms. The van der Waals surface area contributed by atoms with Crippen molar-refractivity contribution in [2.24, 2.45) is 0 Å². The first-order chi connectivity index (χ1) is 5.98. The second kappa shape index (κ2) is 8.26. The third-order valence-corrected chi connectivity index (χ3v) is 2.27. The van der Waals surface area contributed by atoms with E-state index in [-0.39, 0.29) is 20.6 Å². The van der Waals surface area contributed by atoms with Gasteiger partial charge in [0.05, 0.1) is 13.2 Å². The number of hydrogen-bond donors (Lipinski definition) is 1. The maximum Gasteiger partial charge on any atom is 0.472 e. The van der Waals surface area contributed by atoms with Crippen LogP contribution in [0.4, 0.5) is 0 Å². The quantitative estimate of drug-likeness (QED) is 0.527. The molecule has 0 fully saturated rings. The second-order valence-corrected chi connectivity index (χ2v) is 4.39. The van der Waals surface area contributed by atoms with Crippen molar-refractivity contribution in [1.29, 1.82) is 0 Å². The van der Waals surface area contributed by atoms with Gasteiger partial charge in [-0.05, 0) is 20.5 Å². The molecule has 0 aromatic carbocycles. The number of rotatable bonds is 7. The van der Waals surface area contributed by atoms with Gasteiger partial charge in [-0.2, -0.15) is 0 Å². The van der Waals surface area contributed by atoms with E-state index in [9.17, 15) is 4.57 Å². The maximum atomic E-state index is 11.0. The number of phosphoric ester groups is 1. The molecule has 0 heterocycles. The summed E-state index contributed by atoms with van der Waals surface area (Å²) in [6.07, 6.45) is 0.696. The van der Waals surface area contributed by atoms with Crippen molar-refractivity contribution in [2.75, 3.05) is 33.9 Å². The molecule has 0 saturated heterocycles. The maximum absolute atomic E-state index is 11.0. The zero-order chi connectivity index (χ0) is 10.3. The third kappa shape index (κ3) is 10.0. The zero-order valence-electron chi connectivity index (χ0n) is 9.39. The Hall–Kier alpha value is -0.0600. The fraction of sp³-hybridized carbons (Fsp3) is 0.875. The first-order valence-corrected chi connectivity index (χ1v) is 5.74. The Labute approximate surface area is 86.6 Å². The highest BCUT2D eigenvalue weighted by Crippen LogP contribution is 2.42. The van der Waals surface area contributed by atoms with E-state index in [0.717, 1.165) is 0 Å². The van der Waals surface area contributed by atoms with E-state index in [4.69, 9.17) is 4.89 Å². The fourth-order valence-corrected chi connectivity index (χ4v) is 1.38. The topological polar surface area (TPSA) is 59.0 Å². The zero-order valence-corrected chi connectivity index (χ0v) is 10.3. The molecule has 1 unspecified atom stereocenters. The molecule has 0 radical (unpaired) electrons. The molecule has 1 N–H and O–H groups in total. The van der Waals surface area contributed by atoms with Gasteiger partial charge in [0.25, 0.3) is 0 Å². The van der Waals surface area contributed by atoms with Gasteiger partial charge in [-0.1, -0.05) is 6.92 Å². The van der Waals surface area contributed by atoms with Crippen LogP contribution >= 0.6 is 7.82 Å². The lowest BCUT2D eigenvalue weighted by molar-refractivity contribution is 0.140. The molecule has 0 aromatic heterocycles. The molecule has 0 aliphatic heterocycles. The Bertz CT molecular complexity index is 175. The molecule has 5 nitrogen and oxygen atoms in total. The summed E-state index contributed by atoms with van der Waals surface area (Å²) in [7, 11) is -0.0726. The van der Waals surface area contributed by atoms with Crippen molar-refractivity contribution in [3.63, 3.8) is 0 Å². The summed E-state index contributed by atoms with van der Waals surface area (Å²) in [6.45, 7) is 2.90. The summed E-state index contributed by atoms with van der Waals surface area (Å²) in [4.78, 5) is 10.9. The predicted molar refractivity (Wildman–Crippen MR) is 57.0 cm³/mol. The highest BCUT2D eigenvalue weighted by molar-refractivity contribution is 7.47. The fourth-order valence-electron chi connectivity index (χ4n) is 0.583. The Balaban J connectivity index is 0. The molecule has 6 heteroatoms. The Morgan fingerprint density at radius 1 is 1.29 bits per heavy atom. The average Bonchev–Trinajstić information content (AvgIpc) is 2.00. The Morgan fingerprint density at radius 3 is 2.21 bits per heavy atom. The Morgan fingerprint density at radius 2 is 1.79 bits per heavy atom. The molecule has 0 rings (SSSR count). The van der Waals surface area contributed by atoms with Crippen LogP contribution in [0.5, 0.6) is 0 Å². The number of phosphoric acid groups is 1. The summed E-state index contributed by atoms with van der Waals surface area (Å²) in [5.74, 6) is 0. The van der Waals surface area contributed by atoms with Crippen molar-refractivity contribution < 1.29 is 18.5 Å². The second-order valence-electron chi connectivity index (χ2n) is 2.94. The van der Waals surface area contributed by atoms with Gasteiger partial charge in [-0.25, -0.2) is 4.57 Å². The first kappa shape index (κ1) is 16.4. The third-order valence-electron chi connectivity index (χ3n) is 1.25. The number of hydrogen-bond acceptors (Lipinski definition) is 4. The molecule has 0 aliphatic carbocycles. The molecule has 1 atom stereocenters. The standard InChI is InChI=1S/C7H18NO4P.CH3/c1-4-6-11-13(9,10)12-7-5-8(2)3;/h4-7H2,1-3H3,(H,9,10);1H3/q;+1. The van der Waals surface area contributed by atoms with Crippen LogP contribution in [0.1, 0.15) is 13.3 Å². The smallest absolute Gasteiger partial charge is 0.307 e. The van der Waals surface area contributed by atoms with E-state index < -0.39 is 7.82 Å². The van der Waals surface area contributed by atoms with Crippen LogP contribution in [0.15, 0.2) is 0 Å². The van der Waals surface area contributed by atoms with Gasteiger partial charge in [-0.15, -0.1) is 0 Å². The summed E-state index contributed by atoms with van der Waals surface area (Å²) in [5.41, 5.74) is 0. The molecular formula is C8H21NO4P+. The minimum absolute atomic E-state index is 0. The average molecular weight is 226 g/mol. The van der Waals surface area contributed by atoms with E-state index in [0.29, 0.717) is 13.0 Å². The SMILES string of the molecule is CCCOP(=O)(O)OCCN(C)C.[CH3+]. The largest absolute Gasteiger partial charge is 0.472 e. The molecule has 0 aliphatic rings. The summed E-state index contributed by atoms with van der Waals surface area (Å²) < 4.78 is 20.4. The minimum Gasteiger partial charge on any atom is -0.307 e. The van der Waals surface area contributed by atoms with Crippen molar-refractivity contribution in [2.45, 2.75) is 13.3 Å². The highest BCUT2D eigenvalue weighted by Gasteiger charge is 2.19. The van der Waals surface area contributed by atoms with Gasteiger partial charge in [0, 0.05) is 14.0 Å². The van der Waals surface area contributed by atoms with Crippen molar-refractivity contribution in [3.05, 3.63) is 7.43 Å². The molecule has 0 saturated carbocycles. The highest BCUT2D eigenvalue weighted by atomic mass is 31.2. The lowest BCUT2D eigenvalue weighted by Gasteiger charge is -2.13. The van der Waals surface area contributed by atoms with E-state index >= 15 is 0 Å². The van der Waals surface area contributed by atoms with Gasteiger partial charge >= 0.3 is 7.82 Å². The predicted octanol–water partition coefficient (Wildman–Crippen LogP) is 1.54. The molecule has 14 heavy (non-hydrogen) atoms. The van der Waals surface area contributed by atoms with Crippen LogP contribution in [0.2, 0.25) is 0 Å². The van der Waals surface area contributed by atoms with Crippen molar-refractivity contribution in [3.8, 4) is 0 Å². The number of likely N-dealkylation sites (N-methyl/N-ethyl adjacent to an activating group) is 1. The van der Waals surface area contributed by atoms with Crippen LogP contribution in [0.3, 0.4) is 0 Å². The minimum atomic E-state index is -3.79. The summed E-state index contributed by atoms with van der Waals surface area (Å²) >= 11 is 0. The van der Waals surface area contributed by atoms with E-state index in [2.05, 4.69) is 9.05 Å². The van der Waals surface area contributed by atoms with Crippen LogP contribution in [-0.2, 0) is 13.6 Å². The molecule has 0 aromatic rings. The van der Waals surface area contributed by atoms with Gasteiger partial charge in [-0.3, -0.25) is 9.05 Å². The van der Waals surface area contributed by atoms with Crippen LogP contribution in [-0.4, -0.2) is 43.6 Å². The molecule has 86 valence electrons. The van der Waals surface area contributed by atoms with Crippen molar-refractivity contribution in [1.82, 2.24) is 4.90 Å². The van der Waals surface area contributed by atoms with E-state index in [1.807, 2.05) is 25.9 Å². The molecule has 0 bridgehead atoms. The van der Waals surface area contributed by atoms with E-state index in [1.165, 1.54) is 0 Å². The van der Waals surface area contributed by atoms with Crippen LogP contribution < -0.4 is 0 Å². The first-order valence-electron chi connectivity index (χ1n) is 4.24. The summed E-state index contributed by atoms with van der Waals surface area (Å²) in [6, 6.07) is 0. The lowest BCUT2D eigenvalue weighted by Crippen LogP contribution is -2.17. The molecule has 0 amide bonds. The van der Waals surface area contributed by atoms with Gasteiger partial charge in [0.1, 0.15) is 0 Å². The van der Waals surface area contributed by atoms with Crippen LogP contribution in [0, 0.1) is 7.43 Å². The molecular weight excluding hydrogens is 205 g/mol. The van der Waals surface area contributed by atoms with Crippen molar-refractivity contribution >= 4 is 7.82 Å². The summed E-state index contributed by atoms with van der Waals surface area (Å²) in [5, 5.41) is 0. The van der Waals surface area contributed by atoms with Gasteiger partial charge in [0.15, 0.2) is 0 Å². The van der Waals surface area contributed by atoms with Crippen LogP contribution in [0.25, 0.3) is 0 Å². The monoisotopic (exact) mass is 226 g/mol. The van der Waals surface area contributed by atoms with E-state index in [1.54, 1.807) is 0 Å². The normalized spacial score (nSPS) is 14.9. The Kier molecular flexibility index (Phi) is 9.67. The lowest BCUT2D eigenvalue weighted by atomic mass is 10.5. The number of nitrogens with zero attached hydrogens (tertiary/aromatic N) is 1.